The fourth-order valence-electron chi connectivity index (χ4n) is 16.7. The molecule has 0 aromatic carbocycles. The fourth-order valence-corrected chi connectivity index (χ4v) is 16.7. The Bertz CT molecular complexity index is 3550. The minimum atomic E-state index is -2.80. The van der Waals surface area contributed by atoms with Crippen molar-refractivity contribution in [2.45, 2.75) is 355 Å². The second kappa shape index (κ2) is 46.1. The average molecular weight is 1870 g/mol. The highest BCUT2D eigenvalue weighted by atomic mass is 16.8. The lowest BCUT2D eigenvalue weighted by atomic mass is 9.93. The highest BCUT2D eigenvalue weighted by Gasteiger charge is 2.63. The van der Waals surface area contributed by atoms with Gasteiger partial charge in [0.05, 0.1) is 65.6 Å². The van der Waals surface area contributed by atoms with Gasteiger partial charge < -0.3 is 250 Å². The zero-order chi connectivity index (χ0) is 94.4. The van der Waals surface area contributed by atoms with E-state index in [4.69, 9.17) is 90.0 Å². The van der Waals surface area contributed by atoms with Crippen molar-refractivity contribution in [3.63, 3.8) is 0 Å². The van der Waals surface area contributed by atoms with Crippen LogP contribution in [0.4, 0.5) is 0 Å². The monoisotopic (exact) mass is 1870 g/mol. The van der Waals surface area contributed by atoms with Crippen LogP contribution in [0.1, 0.15) is 48.5 Å². The summed E-state index contributed by atoms with van der Waals surface area (Å²) in [7, 11) is 0. The van der Waals surface area contributed by atoms with E-state index in [1.165, 1.54) is 6.92 Å². The predicted octanol–water partition coefficient (Wildman–Crippen LogP) is -20.9. The number of amides is 6. The Labute approximate surface area is 726 Å². The number of hydrogen-bond acceptors (Lipinski definition) is 50. The molecule has 10 rings (SSSR count). The molecule has 56 heteroatoms. The molecule has 0 spiro atoms. The summed E-state index contributed by atoms with van der Waals surface area (Å²) in [5.41, 5.74) is 0. The van der Waals surface area contributed by atoms with E-state index in [1.807, 2.05) is 0 Å². The Morgan fingerprint density at radius 1 is 0.219 bits per heavy atom. The Kier molecular flexibility index (Phi) is 37.8. The standard InChI is InChI=1S/C72H120N6O50/c1-17-39(93)50(104)53(107)69(111-17)125-59-38(78-23(7)92)68(119-31(15-86)57(59)123-64-34(74-19(3)88)45(99)40(94)24(8-79)113-64)128-62-52(106)44(98)28(12-83)117-72(62)126-60-54(108)70(122-56-30(14-85)118-67(37(49(56)103)77-22(6)91)121-55-29(13-84)112-63(109)33(48(55)102)73-18(2)87)120-32(58(60)124-65-35(75-20(4)89)46(100)41(95)25(9-80)114-65)16-110-71-61(51(105)43(97)27(11-82)116-71)127-66-36(76-21(5)90)47(101)42(96)26(10-81)115-66/h17,24-72,79-86,93-109H,8-16H2,1-7H3,(H,73,87)(H,74,88)(H,75,89)(H,76,90)(H,77,91)(H,78,92)/t17-,24+,25+,26+,27+,28+,29+,30+,31+,32+,33+,34+,35+,36+,37+,38+,39+,40-,41+,42+,43+,44+,45+,46+,47+,48+,49+,50+,51-,52-,53-,54-,55+,56+,57+,58+,59+,60+,61-,62-,63?,64-,65-,66-,67-,68-,69-,70-,71-,72+/m0/s1. The van der Waals surface area contributed by atoms with Crippen LogP contribution in [0, 0.1) is 0 Å². The number of ether oxygens (including phenoxy) is 19. The van der Waals surface area contributed by atoms with Gasteiger partial charge in [0, 0.05) is 41.5 Å². The smallest absolute Gasteiger partial charge is 0.217 e. The minimum Gasteiger partial charge on any atom is -0.394 e. The van der Waals surface area contributed by atoms with Crippen molar-refractivity contribution in [2.24, 2.45) is 0 Å². The lowest BCUT2D eigenvalue weighted by molar-refractivity contribution is -0.410. The summed E-state index contributed by atoms with van der Waals surface area (Å²) < 4.78 is 118. The molecule has 56 nitrogen and oxygen atoms in total. The van der Waals surface area contributed by atoms with Gasteiger partial charge in [0.1, 0.15) is 238 Å². The average Bonchev–Trinajstić information content (AvgIpc) is 0.755. The summed E-state index contributed by atoms with van der Waals surface area (Å²) in [5.74, 6) is -5.70. The zero-order valence-electron chi connectivity index (χ0n) is 69.6. The largest absolute Gasteiger partial charge is 0.394 e. The van der Waals surface area contributed by atoms with E-state index in [2.05, 4.69) is 31.9 Å². The van der Waals surface area contributed by atoms with Crippen molar-refractivity contribution in [3.05, 3.63) is 0 Å². The first-order valence-corrected chi connectivity index (χ1v) is 41.0. The summed E-state index contributed by atoms with van der Waals surface area (Å²) in [6.07, 6.45) is -95.7. The maximum absolute atomic E-state index is 13.8. The SMILES string of the molecule is CC(=O)N[C@H]1[C@H](O[C@H]2[C@H](O)[C@@H](NC(C)=O)C(O)O[C@@H]2CO)O[C@H](CO)[C@@H](O[C@@H]2O[C@H](CO[C@H]3O[C@H](CO)[C@@H](O)[C@H](O)[C@@H]3O[C@@H]3O[C@H](CO)[C@@H](O)[C@H](O)[C@H]3NC(C)=O)[C@@H](O[C@@H]3O[C@H](CO)[C@@H](O)[C@H](O)[C@H]3NC(C)=O)[C@H](O[C@H]3O[C@H](CO)[C@@H](O)[C@H](O)[C@@H]3O[C@@H]3O[C@H](CO)[C@@H](O[C@@H]4O[C@H](CO)[C@H](O)[C@H](O)[C@H]4NC(C)=O)[C@H](O[C@@H]4O[C@@H](C)[C@@H](O)[C@@H](O)[C@@H]4O)[C@H]3NC(C)=O)[C@@H]2O)[C@@H]1O. The molecule has 50 atom stereocenters. The number of carbonyl (C=O) groups excluding carboxylic acids is 6. The van der Waals surface area contributed by atoms with Gasteiger partial charge in [0.15, 0.2) is 62.9 Å². The quantitative estimate of drug-likeness (QED) is 0.0290. The van der Waals surface area contributed by atoms with E-state index in [0.717, 1.165) is 41.5 Å². The first kappa shape index (κ1) is 105. The van der Waals surface area contributed by atoms with E-state index in [9.17, 15) is 156 Å². The highest BCUT2D eigenvalue weighted by molar-refractivity contribution is 5.75. The molecule has 0 aromatic heterocycles. The Morgan fingerprint density at radius 2 is 0.484 bits per heavy atom. The van der Waals surface area contributed by atoms with Crippen LogP contribution in [0.5, 0.6) is 0 Å². The third-order valence-corrected chi connectivity index (χ3v) is 23.2. The van der Waals surface area contributed by atoms with Gasteiger partial charge in [-0.2, -0.15) is 0 Å². The number of rotatable bonds is 33. The first-order chi connectivity index (χ1) is 60.5. The molecule has 738 valence electrons. The summed E-state index contributed by atoms with van der Waals surface area (Å²) in [6, 6.07) is -11.6. The van der Waals surface area contributed by atoms with Crippen molar-refractivity contribution in [3.8, 4) is 0 Å². The van der Waals surface area contributed by atoms with Crippen LogP contribution < -0.4 is 31.9 Å². The van der Waals surface area contributed by atoms with Gasteiger partial charge in [0.25, 0.3) is 0 Å². The lowest BCUT2D eigenvalue weighted by Gasteiger charge is -2.53. The number of aliphatic hydroxyl groups is 25. The first-order valence-electron chi connectivity index (χ1n) is 41.0. The number of hydrogen-bond donors (Lipinski definition) is 31. The van der Waals surface area contributed by atoms with E-state index in [-0.39, 0.29) is 0 Å². The maximum Gasteiger partial charge on any atom is 0.217 e. The molecule has 10 aliphatic heterocycles. The normalized spacial score (nSPS) is 47.8. The van der Waals surface area contributed by atoms with Crippen molar-refractivity contribution in [1.29, 1.82) is 0 Å². The van der Waals surface area contributed by atoms with Crippen LogP contribution in [0.25, 0.3) is 0 Å². The van der Waals surface area contributed by atoms with Crippen molar-refractivity contribution in [1.82, 2.24) is 31.9 Å². The molecule has 0 aromatic rings. The highest BCUT2D eigenvalue weighted by Crippen LogP contribution is 2.42. The van der Waals surface area contributed by atoms with Gasteiger partial charge in [-0.15, -0.1) is 0 Å². The second-order valence-electron chi connectivity index (χ2n) is 32.4. The predicted molar refractivity (Wildman–Crippen MR) is 398 cm³/mol. The number of aliphatic hydroxyl groups excluding tert-OH is 25. The third-order valence-electron chi connectivity index (χ3n) is 23.2. The lowest BCUT2D eigenvalue weighted by Crippen LogP contribution is -2.72. The zero-order valence-corrected chi connectivity index (χ0v) is 69.6. The molecule has 10 fully saturated rings. The molecule has 1 unspecified atom stereocenters. The summed E-state index contributed by atoms with van der Waals surface area (Å²) in [6.45, 7) is -3.90. The van der Waals surface area contributed by atoms with Gasteiger partial charge in [-0.3, -0.25) is 28.8 Å². The third kappa shape index (κ3) is 23.6. The summed E-state index contributed by atoms with van der Waals surface area (Å²) >= 11 is 0. The molecule has 10 saturated heterocycles. The molecule has 0 saturated carbocycles. The van der Waals surface area contributed by atoms with E-state index in [0.29, 0.717) is 0 Å². The molecular weight excluding hydrogens is 1750 g/mol. The van der Waals surface area contributed by atoms with Crippen LogP contribution in [0.3, 0.4) is 0 Å². The van der Waals surface area contributed by atoms with Gasteiger partial charge in [-0.1, -0.05) is 0 Å². The van der Waals surface area contributed by atoms with E-state index >= 15 is 0 Å². The van der Waals surface area contributed by atoms with Gasteiger partial charge in [-0.25, -0.2) is 0 Å². The van der Waals surface area contributed by atoms with Crippen molar-refractivity contribution < 1.29 is 246 Å². The summed E-state index contributed by atoms with van der Waals surface area (Å²) in [5, 5.41) is 299. The molecule has 0 bridgehead atoms. The molecule has 0 aliphatic carbocycles. The Balaban J connectivity index is 1.13. The van der Waals surface area contributed by atoms with Crippen LogP contribution >= 0.6 is 0 Å². The summed E-state index contributed by atoms with van der Waals surface area (Å²) in [4.78, 5) is 78.1. The fraction of sp³-hybridized carbons (Fsp3) is 0.917. The van der Waals surface area contributed by atoms with Gasteiger partial charge in [-0.05, 0) is 6.92 Å². The van der Waals surface area contributed by atoms with Crippen LogP contribution in [-0.4, -0.2) is 529 Å². The molecular formula is C72H120N6O50. The second-order valence-corrected chi connectivity index (χ2v) is 32.4. The molecule has 31 N–H and O–H groups in total. The molecule has 6 amide bonds. The van der Waals surface area contributed by atoms with Crippen molar-refractivity contribution >= 4 is 35.4 Å². The Hall–Kier alpha value is -4.94. The van der Waals surface area contributed by atoms with Crippen molar-refractivity contribution in [2.75, 3.05) is 59.5 Å². The van der Waals surface area contributed by atoms with Gasteiger partial charge >= 0.3 is 0 Å². The van der Waals surface area contributed by atoms with Crippen LogP contribution in [-0.2, 0) is 119 Å². The number of nitrogens with one attached hydrogen (secondary N) is 6. The number of carbonyl (C=O) groups is 6. The van der Waals surface area contributed by atoms with E-state index in [1.54, 1.807) is 0 Å². The van der Waals surface area contributed by atoms with E-state index < -0.39 is 402 Å². The van der Waals surface area contributed by atoms with Gasteiger partial charge in [0.2, 0.25) is 35.4 Å². The maximum atomic E-state index is 13.8. The van der Waals surface area contributed by atoms with Crippen LogP contribution in [0.2, 0.25) is 0 Å². The van der Waals surface area contributed by atoms with Crippen LogP contribution in [0.15, 0.2) is 0 Å². The molecule has 10 heterocycles. The minimum absolute atomic E-state index is 0.824. The molecule has 10 aliphatic rings. The Morgan fingerprint density at radius 3 is 0.891 bits per heavy atom. The molecule has 128 heavy (non-hydrogen) atoms. The molecule has 0 radical (unpaired) electrons. The topological polar surface area (TPSA) is 856 Å².